The molecular weight excluding hydrogens is 338 g/mol. The van der Waals surface area contributed by atoms with Gasteiger partial charge < -0.3 is 9.63 Å². The molecule has 140 valence electrons. The molecule has 1 aliphatic heterocycles. The number of rotatable bonds is 5. The summed E-state index contributed by atoms with van der Waals surface area (Å²) in [4.78, 5) is 6.65. The summed E-state index contributed by atoms with van der Waals surface area (Å²) < 4.78 is 5.18. The van der Waals surface area contributed by atoms with Crippen molar-refractivity contribution in [1.82, 2.24) is 15.0 Å². The summed E-state index contributed by atoms with van der Waals surface area (Å²) in [5, 5.41) is 15.2. The van der Waals surface area contributed by atoms with Gasteiger partial charge >= 0.3 is 0 Å². The first-order valence-corrected chi connectivity index (χ1v) is 9.58. The van der Waals surface area contributed by atoms with Crippen LogP contribution < -0.4 is 0 Å². The van der Waals surface area contributed by atoms with E-state index in [1.165, 1.54) is 11.1 Å². The highest BCUT2D eigenvalue weighted by Crippen LogP contribution is 2.34. The normalized spacial score (nSPS) is 17.1. The van der Waals surface area contributed by atoms with E-state index in [1.54, 1.807) is 0 Å². The molecule has 1 N–H and O–H groups in total. The van der Waals surface area contributed by atoms with E-state index in [9.17, 15) is 5.11 Å². The third kappa shape index (κ3) is 3.94. The van der Waals surface area contributed by atoms with Crippen LogP contribution in [-0.4, -0.2) is 33.2 Å². The van der Waals surface area contributed by atoms with Crippen LogP contribution in [-0.2, 0) is 18.6 Å². The Bertz CT molecular complexity index is 866. The molecule has 0 saturated carbocycles. The van der Waals surface area contributed by atoms with Crippen molar-refractivity contribution >= 4 is 0 Å². The van der Waals surface area contributed by atoms with E-state index in [4.69, 9.17) is 4.52 Å². The zero-order valence-electron chi connectivity index (χ0n) is 15.6. The maximum Gasteiger partial charge on any atom is 0.226 e. The first-order valence-electron chi connectivity index (χ1n) is 9.58. The van der Waals surface area contributed by atoms with Crippen LogP contribution >= 0.6 is 0 Å². The van der Waals surface area contributed by atoms with Crippen molar-refractivity contribution in [2.45, 2.75) is 38.3 Å². The van der Waals surface area contributed by atoms with E-state index in [1.807, 2.05) is 25.1 Å². The minimum Gasteiger partial charge on any atom is -0.385 e. The molecule has 3 aromatic rings. The van der Waals surface area contributed by atoms with Gasteiger partial charge in [0.2, 0.25) is 5.89 Å². The summed E-state index contributed by atoms with van der Waals surface area (Å²) in [6.07, 6.45) is 2.16. The van der Waals surface area contributed by atoms with Gasteiger partial charge in [0.25, 0.3) is 0 Å². The average molecular weight is 363 g/mol. The Morgan fingerprint density at radius 1 is 1.00 bits per heavy atom. The van der Waals surface area contributed by atoms with E-state index in [0.29, 0.717) is 25.3 Å². The number of likely N-dealkylation sites (tertiary alicyclic amines) is 1. The molecule has 5 heteroatoms. The van der Waals surface area contributed by atoms with Crippen molar-refractivity contribution in [2.75, 3.05) is 13.1 Å². The highest BCUT2D eigenvalue weighted by atomic mass is 16.5. The van der Waals surface area contributed by atoms with Crippen LogP contribution in [0.3, 0.4) is 0 Å². The Labute approximate surface area is 159 Å². The van der Waals surface area contributed by atoms with Gasteiger partial charge in [-0.25, -0.2) is 0 Å². The lowest BCUT2D eigenvalue weighted by Crippen LogP contribution is -2.42. The van der Waals surface area contributed by atoms with Gasteiger partial charge in [0.1, 0.15) is 0 Å². The SMILES string of the molecule is CCc1nc(CN2CCC(O)(c3ccc(-c4ccccc4)cc3)CC2)no1. The summed E-state index contributed by atoms with van der Waals surface area (Å²) in [7, 11) is 0. The molecule has 5 nitrogen and oxygen atoms in total. The predicted octanol–water partition coefficient (Wildman–Crippen LogP) is 3.78. The fourth-order valence-corrected chi connectivity index (χ4v) is 3.67. The lowest BCUT2D eigenvalue weighted by molar-refractivity contribution is -0.0283. The monoisotopic (exact) mass is 363 g/mol. The lowest BCUT2D eigenvalue weighted by Gasteiger charge is -2.38. The number of piperidine rings is 1. The van der Waals surface area contributed by atoms with E-state index >= 15 is 0 Å². The quantitative estimate of drug-likeness (QED) is 0.747. The minimum atomic E-state index is -0.766. The van der Waals surface area contributed by atoms with Gasteiger partial charge in [-0.3, -0.25) is 4.90 Å². The van der Waals surface area contributed by atoms with E-state index in [2.05, 4.69) is 51.4 Å². The van der Waals surface area contributed by atoms with Crippen LogP contribution in [0.2, 0.25) is 0 Å². The molecule has 0 unspecified atom stereocenters. The van der Waals surface area contributed by atoms with Crippen LogP contribution in [0.4, 0.5) is 0 Å². The molecule has 27 heavy (non-hydrogen) atoms. The van der Waals surface area contributed by atoms with Crippen LogP contribution in [0.25, 0.3) is 11.1 Å². The number of aliphatic hydroxyl groups is 1. The van der Waals surface area contributed by atoms with Crippen molar-refractivity contribution in [3.8, 4) is 11.1 Å². The topological polar surface area (TPSA) is 62.4 Å². The fourth-order valence-electron chi connectivity index (χ4n) is 3.67. The van der Waals surface area contributed by atoms with Gasteiger partial charge in [0.05, 0.1) is 12.1 Å². The molecule has 2 heterocycles. The summed E-state index contributed by atoms with van der Waals surface area (Å²) in [5.74, 6) is 1.40. The predicted molar refractivity (Wildman–Crippen MR) is 104 cm³/mol. The molecule has 0 amide bonds. The first-order chi connectivity index (χ1) is 13.2. The number of hydrogen-bond acceptors (Lipinski definition) is 5. The van der Waals surface area contributed by atoms with Crippen molar-refractivity contribution < 1.29 is 9.63 Å². The van der Waals surface area contributed by atoms with Gasteiger partial charge in [-0.15, -0.1) is 0 Å². The molecular formula is C22H25N3O2. The highest BCUT2D eigenvalue weighted by molar-refractivity contribution is 5.63. The molecule has 0 radical (unpaired) electrons. The summed E-state index contributed by atoms with van der Waals surface area (Å²) in [5.41, 5.74) is 2.59. The van der Waals surface area contributed by atoms with Gasteiger partial charge in [-0.1, -0.05) is 66.7 Å². The standard InChI is InChI=1S/C22H25N3O2/c1-2-21-23-20(24-27-21)16-25-14-12-22(26,13-15-25)19-10-8-18(9-11-19)17-6-4-3-5-7-17/h3-11,26H,2,12-16H2,1H3. The number of aryl methyl sites for hydroxylation is 1. The minimum absolute atomic E-state index is 0.673. The third-order valence-electron chi connectivity index (χ3n) is 5.39. The fraction of sp³-hybridized carbons (Fsp3) is 0.364. The van der Waals surface area contributed by atoms with Crippen molar-refractivity contribution in [1.29, 1.82) is 0 Å². The molecule has 0 atom stereocenters. The van der Waals surface area contributed by atoms with E-state index in [-0.39, 0.29) is 0 Å². The molecule has 0 bridgehead atoms. The van der Waals surface area contributed by atoms with Gasteiger partial charge in [0, 0.05) is 19.5 Å². The Balaban J connectivity index is 1.40. The number of nitrogens with zero attached hydrogens (tertiary/aromatic N) is 3. The molecule has 1 aromatic heterocycles. The van der Waals surface area contributed by atoms with E-state index < -0.39 is 5.60 Å². The molecule has 1 aliphatic rings. The zero-order chi connectivity index (χ0) is 18.7. The summed E-state index contributed by atoms with van der Waals surface area (Å²) in [6, 6.07) is 18.6. The largest absolute Gasteiger partial charge is 0.385 e. The van der Waals surface area contributed by atoms with E-state index in [0.717, 1.165) is 30.9 Å². The summed E-state index contributed by atoms with van der Waals surface area (Å²) in [6.45, 7) is 4.30. The lowest BCUT2D eigenvalue weighted by atomic mass is 9.84. The van der Waals surface area contributed by atoms with Gasteiger partial charge in [0.15, 0.2) is 5.82 Å². The summed E-state index contributed by atoms with van der Waals surface area (Å²) >= 11 is 0. The molecule has 1 saturated heterocycles. The maximum absolute atomic E-state index is 11.2. The highest BCUT2D eigenvalue weighted by Gasteiger charge is 2.34. The Morgan fingerprint density at radius 3 is 2.30 bits per heavy atom. The maximum atomic E-state index is 11.2. The molecule has 0 aliphatic carbocycles. The number of hydrogen-bond donors (Lipinski definition) is 1. The van der Waals surface area contributed by atoms with Crippen molar-refractivity contribution in [2.24, 2.45) is 0 Å². The van der Waals surface area contributed by atoms with Crippen LogP contribution in [0.1, 0.15) is 37.0 Å². The second kappa shape index (κ2) is 7.62. The third-order valence-corrected chi connectivity index (χ3v) is 5.39. The molecule has 4 rings (SSSR count). The van der Waals surface area contributed by atoms with Crippen LogP contribution in [0.15, 0.2) is 59.1 Å². The Hall–Kier alpha value is -2.50. The Kier molecular flexibility index (Phi) is 5.05. The zero-order valence-corrected chi connectivity index (χ0v) is 15.6. The molecule has 0 spiro atoms. The second-order valence-electron chi connectivity index (χ2n) is 7.21. The van der Waals surface area contributed by atoms with Gasteiger partial charge in [-0.2, -0.15) is 4.98 Å². The van der Waals surface area contributed by atoms with Crippen LogP contribution in [0.5, 0.6) is 0 Å². The molecule has 1 fully saturated rings. The smallest absolute Gasteiger partial charge is 0.226 e. The van der Waals surface area contributed by atoms with Crippen molar-refractivity contribution in [3.05, 3.63) is 71.9 Å². The average Bonchev–Trinajstić information content (AvgIpc) is 3.18. The number of benzene rings is 2. The van der Waals surface area contributed by atoms with Gasteiger partial charge in [-0.05, 0) is 29.5 Å². The Morgan fingerprint density at radius 2 is 1.67 bits per heavy atom. The van der Waals surface area contributed by atoms with Crippen molar-refractivity contribution in [3.63, 3.8) is 0 Å². The van der Waals surface area contributed by atoms with Crippen LogP contribution in [0, 0.1) is 0 Å². The first kappa shape index (κ1) is 17.9. The second-order valence-corrected chi connectivity index (χ2v) is 7.21. The molecule has 2 aromatic carbocycles. The number of aromatic nitrogens is 2.